The first kappa shape index (κ1) is 17.5. The van der Waals surface area contributed by atoms with E-state index in [0.717, 1.165) is 6.54 Å². The number of nitrogens with zero attached hydrogens (tertiary/aromatic N) is 1. The molecule has 140 valence electrons. The first-order valence-electron chi connectivity index (χ1n) is 10.1. The lowest BCUT2D eigenvalue weighted by Gasteiger charge is -2.15. The molecule has 0 N–H and O–H groups in total. The van der Waals surface area contributed by atoms with Crippen molar-refractivity contribution in [2.75, 3.05) is 0 Å². The van der Waals surface area contributed by atoms with Crippen molar-refractivity contribution in [1.82, 2.24) is 4.57 Å². The molecule has 1 aromatic heterocycles. The van der Waals surface area contributed by atoms with Crippen LogP contribution in [0, 0.1) is 6.92 Å². The van der Waals surface area contributed by atoms with Crippen LogP contribution >= 0.6 is 0 Å². The summed E-state index contributed by atoms with van der Waals surface area (Å²) in [6.07, 6.45) is 0. The topological polar surface area (TPSA) is 4.93 Å². The summed E-state index contributed by atoms with van der Waals surface area (Å²) < 4.78 is 2.50. The molecule has 0 amide bonds. The summed E-state index contributed by atoms with van der Waals surface area (Å²) in [5, 5.41) is 2.65. The van der Waals surface area contributed by atoms with Crippen LogP contribution in [0.3, 0.4) is 0 Å². The van der Waals surface area contributed by atoms with Crippen LogP contribution in [0.25, 0.3) is 33.3 Å². The van der Waals surface area contributed by atoms with Crippen molar-refractivity contribution >= 4 is 10.8 Å². The van der Waals surface area contributed by atoms with E-state index in [1.807, 2.05) is 0 Å². The van der Waals surface area contributed by atoms with E-state index < -0.39 is 0 Å². The molecule has 0 radical (unpaired) electrons. The lowest BCUT2D eigenvalue weighted by molar-refractivity contribution is 0.825. The monoisotopic (exact) mass is 373 g/mol. The number of rotatable bonds is 4. The fourth-order valence-corrected chi connectivity index (χ4v) is 4.30. The Morgan fingerprint density at radius 2 is 1.10 bits per heavy atom. The highest BCUT2D eigenvalue weighted by Gasteiger charge is 2.20. The lowest BCUT2D eigenvalue weighted by Crippen LogP contribution is -2.04. The average Bonchev–Trinajstić information content (AvgIpc) is 3.10. The van der Waals surface area contributed by atoms with Gasteiger partial charge in [0, 0.05) is 17.3 Å². The van der Waals surface area contributed by atoms with E-state index >= 15 is 0 Å². The number of fused-ring (bicyclic) bond motifs is 1. The molecule has 0 unspecified atom stereocenters. The van der Waals surface area contributed by atoms with Gasteiger partial charge in [-0.15, -0.1) is 0 Å². The van der Waals surface area contributed by atoms with Crippen LogP contribution in [-0.2, 0) is 6.54 Å². The standard InChI is InChI=1S/C28H23N/c1-21-12-11-19-25-26(21)28(24-17-9-4-10-18-24)29(20-22-13-5-2-6-14-22)27(25)23-15-7-3-8-16-23/h2-19H,20H2,1H3. The molecule has 0 aliphatic heterocycles. The summed E-state index contributed by atoms with van der Waals surface area (Å²) in [5.41, 5.74) is 7.70. The average molecular weight is 373 g/mol. The molecule has 0 aliphatic carbocycles. The zero-order valence-electron chi connectivity index (χ0n) is 16.5. The van der Waals surface area contributed by atoms with Crippen molar-refractivity contribution < 1.29 is 0 Å². The van der Waals surface area contributed by atoms with Crippen LogP contribution in [0.4, 0.5) is 0 Å². The Kier molecular flexibility index (Phi) is 4.50. The molecule has 1 heterocycles. The van der Waals surface area contributed by atoms with E-state index in [4.69, 9.17) is 0 Å². The van der Waals surface area contributed by atoms with Gasteiger partial charge in [-0.3, -0.25) is 0 Å². The zero-order chi connectivity index (χ0) is 19.6. The normalized spacial score (nSPS) is 11.1. The Morgan fingerprint density at radius 3 is 1.72 bits per heavy atom. The summed E-state index contributed by atoms with van der Waals surface area (Å²) in [6, 6.07) is 38.9. The molecule has 1 nitrogen and oxygen atoms in total. The van der Waals surface area contributed by atoms with Gasteiger partial charge >= 0.3 is 0 Å². The quantitative estimate of drug-likeness (QED) is 0.311. The van der Waals surface area contributed by atoms with Gasteiger partial charge in [0.1, 0.15) is 0 Å². The number of hydrogen-bond acceptors (Lipinski definition) is 0. The zero-order valence-corrected chi connectivity index (χ0v) is 16.5. The fraction of sp³-hybridized carbons (Fsp3) is 0.0714. The minimum absolute atomic E-state index is 0.837. The third-order valence-corrected chi connectivity index (χ3v) is 5.58. The third kappa shape index (κ3) is 3.15. The maximum absolute atomic E-state index is 2.50. The van der Waals surface area contributed by atoms with E-state index in [2.05, 4.69) is 121 Å². The second-order valence-corrected chi connectivity index (χ2v) is 7.50. The largest absolute Gasteiger partial charge is 0.335 e. The first-order valence-corrected chi connectivity index (χ1v) is 10.1. The van der Waals surface area contributed by atoms with Gasteiger partial charge in [0.15, 0.2) is 0 Å². The SMILES string of the molecule is Cc1cccc2c(-c3ccccc3)n(Cc3ccccc3)c(-c3ccccc3)c12. The smallest absolute Gasteiger partial charge is 0.0570 e. The molecular weight excluding hydrogens is 350 g/mol. The summed E-state index contributed by atoms with van der Waals surface area (Å²) in [5.74, 6) is 0. The predicted octanol–water partition coefficient (Wildman–Crippen LogP) is 7.33. The highest BCUT2D eigenvalue weighted by atomic mass is 15.0. The van der Waals surface area contributed by atoms with Crippen molar-refractivity contribution in [1.29, 1.82) is 0 Å². The Bertz CT molecular complexity index is 1250. The van der Waals surface area contributed by atoms with Crippen LogP contribution in [-0.4, -0.2) is 4.57 Å². The molecule has 0 spiro atoms. The van der Waals surface area contributed by atoms with Gasteiger partial charge in [0.2, 0.25) is 0 Å². The molecule has 1 heteroatoms. The summed E-state index contributed by atoms with van der Waals surface area (Å²) in [7, 11) is 0. The van der Waals surface area contributed by atoms with Gasteiger partial charge < -0.3 is 4.57 Å². The highest BCUT2D eigenvalue weighted by Crippen LogP contribution is 2.41. The maximum Gasteiger partial charge on any atom is 0.0570 e. The Balaban J connectivity index is 1.89. The van der Waals surface area contributed by atoms with Crippen LogP contribution in [0.15, 0.2) is 109 Å². The van der Waals surface area contributed by atoms with Crippen LogP contribution in [0.5, 0.6) is 0 Å². The first-order chi connectivity index (χ1) is 14.3. The van der Waals surface area contributed by atoms with Crippen molar-refractivity contribution in [3.05, 3.63) is 120 Å². The molecule has 0 bridgehead atoms. The molecule has 4 aromatic carbocycles. The van der Waals surface area contributed by atoms with Gasteiger partial charge in [0.05, 0.1) is 11.4 Å². The van der Waals surface area contributed by atoms with Crippen molar-refractivity contribution in [2.45, 2.75) is 13.5 Å². The molecular formula is C28H23N. The Hall–Kier alpha value is -3.58. The molecule has 0 saturated heterocycles. The van der Waals surface area contributed by atoms with Gasteiger partial charge in [-0.25, -0.2) is 0 Å². The van der Waals surface area contributed by atoms with E-state index in [1.165, 1.54) is 44.4 Å². The number of hydrogen-bond donors (Lipinski definition) is 0. The molecule has 5 aromatic rings. The second-order valence-electron chi connectivity index (χ2n) is 7.50. The number of aryl methyl sites for hydroxylation is 1. The molecule has 29 heavy (non-hydrogen) atoms. The molecule has 0 saturated carbocycles. The van der Waals surface area contributed by atoms with Crippen molar-refractivity contribution in [2.24, 2.45) is 0 Å². The van der Waals surface area contributed by atoms with Crippen molar-refractivity contribution in [3.8, 4) is 22.5 Å². The van der Waals surface area contributed by atoms with Crippen LogP contribution in [0.2, 0.25) is 0 Å². The van der Waals surface area contributed by atoms with Crippen LogP contribution < -0.4 is 0 Å². The summed E-state index contributed by atoms with van der Waals surface area (Å²) >= 11 is 0. The van der Waals surface area contributed by atoms with Crippen molar-refractivity contribution in [3.63, 3.8) is 0 Å². The third-order valence-electron chi connectivity index (χ3n) is 5.58. The molecule has 5 rings (SSSR count). The van der Waals surface area contributed by atoms with Gasteiger partial charge in [0.25, 0.3) is 0 Å². The van der Waals surface area contributed by atoms with E-state index in [1.54, 1.807) is 0 Å². The summed E-state index contributed by atoms with van der Waals surface area (Å²) in [6.45, 7) is 3.06. The molecule has 0 aliphatic rings. The van der Waals surface area contributed by atoms with Gasteiger partial charge in [-0.2, -0.15) is 0 Å². The van der Waals surface area contributed by atoms with E-state index in [9.17, 15) is 0 Å². The highest BCUT2D eigenvalue weighted by molar-refractivity contribution is 6.07. The Labute approximate surface area is 171 Å². The molecule has 0 fully saturated rings. The fourth-order valence-electron chi connectivity index (χ4n) is 4.30. The van der Waals surface area contributed by atoms with Gasteiger partial charge in [-0.1, -0.05) is 109 Å². The van der Waals surface area contributed by atoms with E-state index in [-0.39, 0.29) is 0 Å². The molecule has 0 atom stereocenters. The minimum Gasteiger partial charge on any atom is -0.335 e. The summed E-state index contributed by atoms with van der Waals surface area (Å²) in [4.78, 5) is 0. The maximum atomic E-state index is 2.50. The van der Waals surface area contributed by atoms with Gasteiger partial charge in [-0.05, 0) is 29.2 Å². The number of benzene rings is 4. The number of aromatic nitrogens is 1. The van der Waals surface area contributed by atoms with Crippen LogP contribution in [0.1, 0.15) is 11.1 Å². The van der Waals surface area contributed by atoms with E-state index in [0.29, 0.717) is 0 Å². The lowest BCUT2D eigenvalue weighted by atomic mass is 10.0. The Morgan fingerprint density at radius 1 is 0.552 bits per heavy atom. The minimum atomic E-state index is 0.837. The predicted molar refractivity (Wildman–Crippen MR) is 123 cm³/mol. The second kappa shape index (κ2) is 7.44.